The number of amides is 1. The molecule has 4 fully saturated rings. The monoisotopic (exact) mass is 457 g/mol. The predicted octanol–water partition coefficient (Wildman–Crippen LogP) is 2.99. The molecule has 3 aliphatic carbocycles. The quantitative estimate of drug-likeness (QED) is 0.529. The topological polar surface area (TPSA) is 142 Å². The molecule has 2 saturated carbocycles. The number of nitrogens with one attached hydrogen (secondary N) is 1. The number of hydrogen-bond donors (Lipinski definition) is 4. The zero-order valence-electron chi connectivity index (χ0n) is 18.5. The smallest absolute Gasteiger partial charge is 0.412 e. The summed E-state index contributed by atoms with van der Waals surface area (Å²) >= 11 is 0. The third kappa shape index (κ3) is 3.05. The molecule has 176 valence electrons. The Kier molecular flexibility index (Phi) is 4.59. The molecule has 1 aromatic rings. The summed E-state index contributed by atoms with van der Waals surface area (Å²) < 4.78 is 11.4. The molecule has 5 aliphatic rings. The molecule has 1 spiro atoms. The molecule has 9 heteroatoms. The van der Waals surface area contributed by atoms with Crippen molar-refractivity contribution >= 4 is 17.8 Å². The minimum atomic E-state index is -1.43. The highest BCUT2D eigenvalue weighted by atomic mass is 16.6. The van der Waals surface area contributed by atoms with E-state index in [2.05, 4.69) is 18.3 Å². The van der Waals surface area contributed by atoms with Gasteiger partial charge in [0.2, 0.25) is 5.75 Å². The lowest BCUT2D eigenvalue weighted by molar-refractivity contribution is -0.168. The zero-order valence-corrected chi connectivity index (χ0v) is 18.5. The molecule has 1 aromatic carbocycles. The summed E-state index contributed by atoms with van der Waals surface area (Å²) in [4.78, 5) is 36.5. The Balaban J connectivity index is 1.28. The number of carbonyl (C=O) groups is 3. The molecular weight excluding hydrogens is 430 g/mol. The number of phenols is 2. The van der Waals surface area contributed by atoms with Gasteiger partial charge in [0, 0.05) is 17.9 Å². The first kappa shape index (κ1) is 21.8. The number of rotatable bonds is 5. The minimum absolute atomic E-state index is 0.0142. The van der Waals surface area contributed by atoms with Crippen molar-refractivity contribution in [1.29, 1.82) is 0 Å². The Hall–Kier alpha value is -3.07. The fraction of sp³-hybridized carbons (Fsp3) is 0.542. The van der Waals surface area contributed by atoms with Gasteiger partial charge in [-0.15, -0.1) is 0 Å². The lowest BCUT2D eigenvalue weighted by atomic mass is 9.51. The number of carboxylic acids is 1. The zero-order chi connectivity index (χ0) is 23.8. The predicted molar refractivity (Wildman–Crippen MR) is 114 cm³/mol. The van der Waals surface area contributed by atoms with E-state index in [9.17, 15) is 24.6 Å². The molecule has 6 atom stereocenters. The first-order valence-electron chi connectivity index (χ1n) is 11.1. The van der Waals surface area contributed by atoms with Crippen molar-refractivity contribution in [3.05, 3.63) is 29.8 Å². The Morgan fingerprint density at radius 1 is 1.27 bits per heavy atom. The fourth-order valence-corrected chi connectivity index (χ4v) is 7.03. The van der Waals surface area contributed by atoms with E-state index in [4.69, 9.17) is 14.6 Å². The summed E-state index contributed by atoms with van der Waals surface area (Å²) in [6, 6.07) is 2.02. The van der Waals surface area contributed by atoms with Gasteiger partial charge in [-0.2, -0.15) is 0 Å². The van der Waals surface area contributed by atoms with Gasteiger partial charge >= 0.3 is 12.1 Å². The average molecular weight is 457 g/mol. The van der Waals surface area contributed by atoms with Gasteiger partial charge in [-0.25, -0.2) is 9.59 Å². The van der Waals surface area contributed by atoms with Crippen LogP contribution in [0.5, 0.6) is 17.2 Å². The van der Waals surface area contributed by atoms with E-state index < -0.39 is 40.3 Å². The molecule has 6 rings (SSSR count). The Labute approximate surface area is 190 Å². The van der Waals surface area contributed by atoms with Crippen LogP contribution in [0.2, 0.25) is 0 Å². The summed E-state index contributed by atoms with van der Waals surface area (Å²) in [6.07, 6.45) is 6.06. The third-order valence-electron chi connectivity index (χ3n) is 8.36. The first-order valence-corrected chi connectivity index (χ1v) is 11.1. The summed E-state index contributed by atoms with van der Waals surface area (Å²) in [6.45, 7) is 4.23. The van der Waals surface area contributed by atoms with E-state index in [1.807, 2.05) is 6.92 Å². The van der Waals surface area contributed by atoms with E-state index >= 15 is 0 Å². The Morgan fingerprint density at radius 3 is 2.73 bits per heavy atom. The Bertz CT molecular complexity index is 1100. The summed E-state index contributed by atoms with van der Waals surface area (Å²) in [5.41, 5.74) is -1.40. The summed E-state index contributed by atoms with van der Waals surface area (Å²) in [7, 11) is 0. The maximum absolute atomic E-state index is 13.0. The second-order valence-electron chi connectivity index (χ2n) is 10.3. The highest BCUT2D eigenvalue weighted by Crippen LogP contribution is 2.71. The number of ketones is 1. The number of hydrogen-bond acceptors (Lipinski definition) is 7. The SMILES string of the molecule is C[C@]12C[C@@]34C=CC(=O)[C@@](C)(CCNC(=O)Oc5c(O)ccc(C(=O)O)c5O)[C@@H]3[C@H](C[C@@H]1C4)O2. The molecule has 2 saturated heterocycles. The molecule has 4 bridgehead atoms. The van der Waals surface area contributed by atoms with Crippen LogP contribution in [0.15, 0.2) is 24.3 Å². The van der Waals surface area contributed by atoms with Gasteiger partial charge in [0.1, 0.15) is 5.56 Å². The average Bonchev–Trinajstić information content (AvgIpc) is 3.09. The lowest BCUT2D eigenvalue weighted by Gasteiger charge is -2.55. The fourth-order valence-electron chi connectivity index (χ4n) is 7.03. The number of carbonyl (C=O) groups excluding carboxylic acids is 2. The highest BCUT2D eigenvalue weighted by molar-refractivity contribution is 5.96. The maximum Gasteiger partial charge on any atom is 0.412 e. The molecular formula is C24H27NO8. The Morgan fingerprint density at radius 2 is 2.03 bits per heavy atom. The van der Waals surface area contributed by atoms with Crippen LogP contribution in [0.1, 0.15) is 49.9 Å². The van der Waals surface area contributed by atoms with Crippen LogP contribution in [0, 0.1) is 22.7 Å². The van der Waals surface area contributed by atoms with Crippen LogP contribution in [0.3, 0.4) is 0 Å². The first-order chi connectivity index (χ1) is 15.5. The molecule has 9 nitrogen and oxygen atoms in total. The number of carboxylic acid groups (broad SMARTS) is 1. The van der Waals surface area contributed by atoms with E-state index in [0.717, 1.165) is 31.4 Å². The molecule has 2 aliphatic heterocycles. The second kappa shape index (κ2) is 6.96. The molecule has 0 aromatic heterocycles. The number of benzene rings is 1. The maximum atomic E-state index is 13.0. The van der Waals surface area contributed by atoms with Crippen molar-refractivity contribution in [3.63, 3.8) is 0 Å². The molecule has 0 radical (unpaired) electrons. The third-order valence-corrected chi connectivity index (χ3v) is 8.36. The number of ether oxygens (including phenoxy) is 2. The number of aromatic hydroxyl groups is 2. The van der Waals surface area contributed by atoms with Gasteiger partial charge < -0.3 is 30.1 Å². The number of aromatic carboxylic acids is 1. The van der Waals surface area contributed by atoms with E-state index in [1.54, 1.807) is 6.08 Å². The van der Waals surface area contributed by atoms with E-state index in [-0.39, 0.29) is 35.4 Å². The number of phenolic OH excluding ortho intramolecular Hbond substituents is 1. The van der Waals surface area contributed by atoms with E-state index in [0.29, 0.717) is 12.3 Å². The lowest BCUT2D eigenvalue weighted by Crippen LogP contribution is -2.57. The summed E-state index contributed by atoms with van der Waals surface area (Å²) in [5, 5.41) is 31.5. The molecule has 1 amide bonds. The van der Waals surface area contributed by atoms with Gasteiger partial charge in [0.25, 0.3) is 0 Å². The van der Waals surface area contributed by atoms with Crippen LogP contribution in [-0.2, 0) is 9.53 Å². The van der Waals surface area contributed by atoms with Gasteiger partial charge in [0.15, 0.2) is 17.3 Å². The van der Waals surface area contributed by atoms with Crippen LogP contribution >= 0.6 is 0 Å². The van der Waals surface area contributed by atoms with Gasteiger partial charge in [-0.05, 0) is 62.1 Å². The molecule has 2 heterocycles. The van der Waals surface area contributed by atoms with Crippen molar-refractivity contribution in [2.45, 2.75) is 51.2 Å². The highest BCUT2D eigenvalue weighted by Gasteiger charge is 2.71. The van der Waals surface area contributed by atoms with Crippen molar-refractivity contribution in [2.24, 2.45) is 22.7 Å². The van der Waals surface area contributed by atoms with Gasteiger partial charge in [0.05, 0.1) is 11.7 Å². The van der Waals surface area contributed by atoms with Crippen LogP contribution < -0.4 is 10.1 Å². The van der Waals surface area contributed by atoms with Gasteiger partial charge in [-0.3, -0.25) is 4.79 Å². The normalized spacial score (nSPS) is 37.8. The standard InChI is InChI=1S/C24H27NO8/c1-22(7-8-25-21(31)32-18-14(26)4-3-13(17(18)28)20(29)30)16(27)5-6-24-10-12-9-15(19(22)24)33-23(12,2)11-24/h3-6,12,15,19,26,28H,7-11H2,1-2H3,(H,25,31)(H,29,30)/t12-,15+,19+,22-,23+,24+/m1/s1. The van der Waals surface area contributed by atoms with Crippen LogP contribution in [0.4, 0.5) is 4.79 Å². The molecule has 0 unspecified atom stereocenters. The summed E-state index contributed by atoms with van der Waals surface area (Å²) in [5.74, 6) is -2.93. The molecule has 33 heavy (non-hydrogen) atoms. The van der Waals surface area contributed by atoms with Crippen LogP contribution in [-0.4, -0.2) is 51.4 Å². The second-order valence-corrected chi connectivity index (χ2v) is 10.3. The molecule has 4 N–H and O–H groups in total. The number of allylic oxidation sites excluding steroid dienone is 2. The van der Waals surface area contributed by atoms with Crippen molar-refractivity contribution in [3.8, 4) is 17.2 Å². The van der Waals surface area contributed by atoms with Crippen molar-refractivity contribution < 1.29 is 39.2 Å². The van der Waals surface area contributed by atoms with Crippen molar-refractivity contribution in [2.75, 3.05) is 6.54 Å². The minimum Gasteiger partial charge on any atom is -0.504 e. The van der Waals surface area contributed by atoms with E-state index in [1.165, 1.54) is 0 Å². The largest absolute Gasteiger partial charge is 0.504 e. The van der Waals surface area contributed by atoms with Crippen molar-refractivity contribution in [1.82, 2.24) is 5.32 Å². The van der Waals surface area contributed by atoms with Gasteiger partial charge in [-0.1, -0.05) is 13.0 Å². The van der Waals surface area contributed by atoms with Crippen LogP contribution in [0.25, 0.3) is 0 Å².